The summed E-state index contributed by atoms with van der Waals surface area (Å²) < 4.78 is 7.36. The molecule has 22 heavy (non-hydrogen) atoms. The molecule has 0 aliphatic carbocycles. The lowest BCUT2D eigenvalue weighted by Gasteiger charge is -2.10. The van der Waals surface area contributed by atoms with Crippen LogP contribution in [0.15, 0.2) is 42.5 Å². The molecular formula is C15H11Cl2N3OS. The molecule has 0 atom stereocenters. The highest BCUT2D eigenvalue weighted by molar-refractivity contribution is 7.71. The predicted molar refractivity (Wildman–Crippen MR) is 90.8 cm³/mol. The van der Waals surface area contributed by atoms with E-state index in [2.05, 4.69) is 10.2 Å². The van der Waals surface area contributed by atoms with E-state index in [0.717, 1.165) is 11.3 Å². The molecule has 0 saturated carbocycles. The minimum Gasteiger partial charge on any atom is -0.497 e. The summed E-state index contributed by atoms with van der Waals surface area (Å²) in [6.07, 6.45) is 0. The third-order valence-corrected chi connectivity index (χ3v) is 4.00. The zero-order valence-corrected chi connectivity index (χ0v) is 13.8. The zero-order valence-electron chi connectivity index (χ0n) is 11.5. The largest absolute Gasteiger partial charge is 0.497 e. The van der Waals surface area contributed by atoms with Crippen molar-refractivity contribution in [1.29, 1.82) is 0 Å². The first-order chi connectivity index (χ1) is 10.6. The number of hydrogen-bond donors (Lipinski definition) is 1. The van der Waals surface area contributed by atoms with Crippen molar-refractivity contribution in [2.75, 3.05) is 7.11 Å². The molecule has 3 aromatic rings. The molecule has 0 fully saturated rings. The third kappa shape index (κ3) is 2.75. The first-order valence-electron chi connectivity index (χ1n) is 6.37. The van der Waals surface area contributed by atoms with E-state index in [0.29, 0.717) is 26.3 Å². The summed E-state index contributed by atoms with van der Waals surface area (Å²) in [6, 6.07) is 12.7. The lowest BCUT2D eigenvalue weighted by molar-refractivity contribution is 0.415. The lowest BCUT2D eigenvalue weighted by atomic mass is 10.2. The van der Waals surface area contributed by atoms with Crippen LogP contribution in [-0.4, -0.2) is 21.9 Å². The summed E-state index contributed by atoms with van der Waals surface area (Å²) >= 11 is 17.7. The molecule has 112 valence electrons. The molecule has 7 heteroatoms. The topological polar surface area (TPSA) is 42.8 Å². The number of rotatable bonds is 3. The summed E-state index contributed by atoms with van der Waals surface area (Å²) in [7, 11) is 1.62. The van der Waals surface area contributed by atoms with Gasteiger partial charge in [0.05, 0.1) is 17.8 Å². The van der Waals surface area contributed by atoms with Crippen molar-refractivity contribution in [2.24, 2.45) is 0 Å². The number of aromatic nitrogens is 3. The van der Waals surface area contributed by atoms with Crippen molar-refractivity contribution in [2.45, 2.75) is 0 Å². The summed E-state index contributed by atoms with van der Waals surface area (Å²) in [5, 5.41) is 8.20. The highest BCUT2D eigenvalue weighted by atomic mass is 35.5. The van der Waals surface area contributed by atoms with Gasteiger partial charge in [0.1, 0.15) is 5.75 Å². The van der Waals surface area contributed by atoms with Crippen molar-refractivity contribution in [3.63, 3.8) is 0 Å². The van der Waals surface area contributed by atoms with Gasteiger partial charge in [0.2, 0.25) is 0 Å². The monoisotopic (exact) mass is 351 g/mol. The second kappa shape index (κ2) is 6.12. The normalized spacial score (nSPS) is 10.7. The number of nitrogens with zero attached hydrogens (tertiary/aromatic N) is 2. The highest BCUT2D eigenvalue weighted by Crippen LogP contribution is 2.29. The predicted octanol–water partition coefficient (Wildman–Crippen LogP) is 4.91. The van der Waals surface area contributed by atoms with Gasteiger partial charge in [-0.15, -0.1) is 0 Å². The van der Waals surface area contributed by atoms with E-state index in [9.17, 15) is 0 Å². The van der Waals surface area contributed by atoms with Crippen LogP contribution < -0.4 is 4.74 Å². The molecule has 0 amide bonds. The van der Waals surface area contributed by atoms with Crippen LogP contribution in [0.5, 0.6) is 5.75 Å². The molecule has 0 aliphatic heterocycles. The first kappa shape index (κ1) is 15.1. The van der Waals surface area contributed by atoms with Gasteiger partial charge in [0, 0.05) is 10.6 Å². The maximum atomic E-state index is 6.28. The Kier molecular flexibility index (Phi) is 4.20. The van der Waals surface area contributed by atoms with Gasteiger partial charge in [-0.05, 0) is 54.7 Å². The fraction of sp³-hybridized carbons (Fsp3) is 0.0667. The molecule has 0 unspecified atom stereocenters. The second-order valence-electron chi connectivity index (χ2n) is 4.51. The molecular weight excluding hydrogens is 341 g/mol. The van der Waals surface area contributed by atoms with Gasteiger partial charge in [-0.3, -0.25) is 9.67 Å². The van der Waals surface area contributed by atoms with Crippen LogP contribution in [-0.2, 0) is 0 Å². The summed E-state index contributed by atoms with van der Waals surface area (Å²) in [6.45, 7) is 0. The molecule has 3 rings (SSSR count). The fourth-order valence-corrected chi connectivity index (χ4v) is 2.71. The molecule has 1 heterocycles. The van der Waals surface area contributed by atoms with Gasteiger partial charge in [-0.25, -0.2) is 0 Å². The van der Waals surface area contributed by atoms with Crippen molar-refractivity contribution in [1.82, 2.24) is 14.8 Å². The van der Waals surface area contributed by atoms with E-state index >= 15 is 0 Å². The summed E-state index contributed by atoms with van der Waals surface area (Å²) in [4.78, 5) is 0. The Labute approximate surface area is 142 Å². The van der Waals surface area contributed by atoms with Crippen molar-refractivity contribution in [3.05, 3.63) is 57.3 Å². The number of halogens is 2. The Bertz CT molecular complexity index is 871. The molecule has 2 aromatic carbocycles. The zero-order chi connectivity index (χ0) is 15.7. The number of aromatic amines is 1. The van der Waals surface area contributed by atoms with E-state index < -0.39 is 0 Å². The van der Waals surface area contributed by atoms with Crippen LogP contribution in [0.2, 0.25) is 10.0 Å². The average molecular weight is 352 g/mol. The first-order valence-corrected chi connectivity index (χ1v) is 7.54. The maximum Gasteiger partial charge on any atom is 0.200 e. The van der Waals surface area contributed by atoms with Crippen LogP contribution in [0, 0.1) is 4.77 Å². The fourth-order valence-electron chi connectivity index (χ4n) is 2.11. The number of nitrogens with one attached hydrogen (secondary N) is 1. The van der Waals surface area contributed by atoms with Crippen molar-refractivity contribution < 1.29 is 4.74 Å². The van der Waals surface area contributed by atoms with Gasteiger partial charge >= 0.3 is 0 Å². The SMILES string of the molecule is COc1ccc(-c2n[nH]c(=S)n2-c2cc(Cl)ccc2Cl)cc1. The van der Waals surface area contributed by atoms with Crippen LogP contribution >= 0.6 is 35.4 Å². The number of methoxy groups -OCH3 is 1. The molecule has 0 radical (unpaired) electrons. The summed E-state index contributed by atoms with van der Waals surface area (Å²) in [5.41, 5.74) is 1.56. The van der Waals surface area contributed by atoms with E-state index in [4.69, 9.17) is 40.2 Å². The Balaban J connectivity index is 2.19. The summed E-state index contributed by atoms with van der Waals surface area (Å²) in [5.74, 6) is 1.42. The van der Waals surface area contributed by atoms with Crippen molar-refractivity contribution in [3.8, 4) is 22.8 Å². The molecule has 0 bridgehead atoms. The molecule has 0 aliphatic rings. The van der Waals surface area contributed by atoms with Gasteiger partial charge in [-0.1, -0.05) is 23.2 Å². The van der Waals surface area contributed by atoms with Crippen LogP contribution in [0.4, 0.5) is 0 Å². The Morgan fingerprint density at radius 1 is 1.14 bits per heavy atom. The van der Waals surface area contributed by atoms with Crippen LogP contribution in [0.3, 0.4) is 0 Å². The molecule has 0 spiro atoms. The van der Waals surface area contributed by atoms with Crippen LogP contribution in [0.25, 0.3) is 17.1 Å². The number of benzene rings is 2. The number of hydrogen-bond acceptors (Lipinski definition) is 3. The van der Waals surface area contributed by atoms with Gasteiger partial charge in [-0.2, -0.15) is 5.10 Å². The maximum absolute atomic E-state index is 6.28. The number of H-pyrrole nitrogens is 1. The smallest absolute Gasteiger partial charge is 0.200 e. The van der Waals surface area contributed by atoms with Gasteiger partial charge in [0.15, 0.2) is 10.6 Å². The minimum atomic E-state index is 0.440. The minimum absolute atomic E-state index is 0.440. The Morgan fingerprint density at radius 3 is 2.55 bits per heavy atom. The Hall–Kier alpha value is -1.82. The molecule has 1 aromatic heterocycles. The van der Waals surface area contributed by atoms with E-state index in [1.807, 2.05) is 24.3 Å². The van der Waals surface area contributed by atoms with Gasteiger partial charge in [0.25, 0.3) is 0 Å². The van der Waals surface area contributed by atoms with E-state index in [1.54, 1.807) is 29.9 Å². The van der Waals surface area contributed by atoms with Gasteiger partial charge < -0.3 is 4.74 Å². The third-order valence-electron chi connectivity index (χ3n) is 3.17. The highest BCUT2D eigenvalue weighted by Gasteiger charge is 2.13. The Morgan fingerprint density at radius 2 is 1.86 bits per heavy atom. The second-order valence-corrected chi connectivity index (χ2v) is 5.74. The lowest BCUT2D eigenvalue weighted by Crippen LogP contribution is -1.99. The van der Waals surface area contributed by atoms with E-state index in [1.165, 1.54) is 0 Å². The number of ether oxygens (including phenoxy) is 1. The van der Waals surface area contributed by atoms with E-state index in [-0.39, 0.29) is 0 Å². The quantitative estimate of drug-likeness (QED) is 0.681. The molecule has 1 N–H and O–H groups in total. The molecule has 4 nitrogen and oxygen atoms in total. The van der Waals surface area contributed by atoms with Crippen LogP contribution in [0.1, 0.15) is 0 Å². The standard InChI is InChI=1S/C15H11Cl2N3OS/c1-21-11-5-2-9(3-6-11)14-18-19-15(22)20(14)13-8-10(16)4-7-12(13)17/h2-8H,1H3,(H,19,22). The van der Waals surface area contributed by atoms with Crippen molar-refractivity contribution >= 4 is 35.4 Å². The molecule has 0 saturated heterocycles. The average Bonchev–Trinajstić information content (AvgIpc) is 2.91.